The highest BCUT2D eigenvalue weighted by atomic mass is 35.5. The Kier molecular flexibility index (Phi) is 3.80. The van der Waals surface area contributed by atoms with E-state index in [9.17, 15) is 0 Å². The minimum absolute atomic E-state index is 0. The molecule has 4 nitrogen and oxygen atoms in total. The average molecular weight is 215 g/mol. The van der Waals surface area contributed by atoms with Crippen molar-refractivity contribution in [3.05, 3.63) is 23.3 Å². The second-order valence-electron chi connectivity index (χ2n) is 3.45. The minimum Gasteiger partial charge on any atom is -0.324 e. The van der Waals surface area contributed by atoms with Gasteiger partial charge in [-0.2, -0.15) is 0 Å². The predicted molar refractivity (Wildman–Crippen MR) is 57.2 cm³/mol. The van der Waals surface area contributed by atoms with Crippen molar-refractivity contribution in [1.82, 2.24) is 14.9 Å². The van der Waals surface area contributed by atoms with E-state index >= 15 is 0 Å². The zero-order valence-corrected chi connectivity index (χ0v) is 9.05. The van der Waals surface area contributed by atoms with Crippen molar-refractivity contribution in [2.45, 2.75) is 19.5 Å². The molecule has 0 amide bonds. The summed E-state index contributed by atoms with van der Waals surface area (Å²) in [6.45, 7) is 2.47. The third kappa shape index (κ3) is 2.20. The number of hydrogen-bond acceptors (Lipinski definition) is 4. The third-order valence-corrected chi connectivity index (χ3v) is 2.36. The number of nitrogens with zero attached hydrogens (tertiary/aromatic N) is 3. The summed E-state index contributed by atoms with van der Waals surface area (Å²) in [5.74, 6) is 0.753. The van der Waals surface area contributed by atoms with Gasteiger partial charge in [0, 0.05) is 37.0 Å². The smallest absolute Gasteiger partial charge is 0.142 e. The molecule has 1 aromatic rings. The Bertz CT molecular complexity index is 316. The van der Waals surface area contributed by atoms with E-state index in [1.54, 1.807) is 0 Å². The highest BCUT2D eigenvalue weighted by Gasteiger charge is 2.14. The molecule has 1 aliphatic heterocycles. The van der Waals surface area contributed by atoms with Crippen molar-refractivity contribution in [3.8, 4) is 0 Å². The molecule has 0 saturated carbocycles. The summed E-state index contributed by atoms with van der Waals surface area (Å²) in [7, 11) is 2.11. The van der Waals surface area contributed by atoms with Gasteiger partial charge in [-0.25, -0.2) is 9.97 Å². The first kappa shape index (κ1) is 11.4. The highest BCUT2D eigenvalue weighted by molar-refractivity contribution is 5.85. The predicted octanol–water partition coefficient (Wildman–Crippen LogP) is 0.345. The van der Waals surface area contributed by atoms with Gasteiger partial charge in [0.1, 0.15) is 5.82 Å². The Balaban J connectivity index is 0.000000980. The maximum absolute atomic E-state index is 5.47. The van der Waals surface area contributed by atoms with E-state index in [0.717, 1.165) is 25.3 Å². The fourth-order valence-corrected chi connectivity index (χ4v) is 1.60. The van der Waals surface area contributed by atoms with Crippen molar-refractivity contribution in [1.29, 1.82) is 0 Å². The summed E-state index contributed by atoms with van der Waals surface area (Å²) in [6.07, 6.45) is 2.92. The lowest BCUT2D eigenvalue weighted by Gasteiger charge is -2.23. The van der Waals surface area contributed by atoms with Crippen LogP contribution in [-0.4, -0.2) is 28.5 Å². The number of fused-ring (bicyclic) bond motifs is 1. The summed E-state index contributed by atoms with van der Waals surface area (Å²) >= 11 is 0. The maximum atomic E-state index is 5.47. The van der Waals surface area contributed by atoms with Crippen LogP contribution in [0.5, 0.6) is 0 Å². The van der Waals surface area contributed by atoms with Crippen LogP contribution in [0, 0.1) is 0 Å². The lowest BCUT2D eigenvalue weighted by atomic mass is 10.1. The van der Waals surface area contributed by atoms with Gasteiger partial charge >= 0.3 is 0 Å². The van der Waals surface area contributed by atoms with E-state index in [-0.39, 0.29) is 12.4 Å². The second-order valence-corrected chi connectivity index (χ2v) is 3.45. The summed E-state index contributed by atoms with van der Waals surface area (Å²) in [6, 6.07) is 0. The average Bonchev–Trinajstić information content (AvgIpc) is 2.17. The van der Waals surface area contributed by atoms with Crippen LogP contribution in [0.2, 0.25) is 0 Å². The molecule has 5 heteroatoms. The van der Waals surface area contributed by atoms with Crippen LogP contribution in [0.4, 0.5) is 0 Å². The SMILES string of the molecule is CN1CCc2nc(CN)ncc2C1.Cl. The van der Waals surface area contributed by atoms with Gasteiger partial charge in [-0.3, -0.25) is 0 Å². The van der Waals surface area contributed by atoms with Crippen LogP contribution in [0.15, 0.2) is 6.20 Å². The van der Waals surface area contributed by atoms with Crippen molar-refractivity contribution in [2.75, 3.05) is 13.6 Å². The fraction of sp³-hybridized carbons (Fsp3) is 0.556. The van der Waals surface area contributed by atoms with Gasteiger partial charge in [-0.05, 0) is 7.05 Å². The molecule has 0 aromatic carbocycles. The van der Waals surface area contributed by atoms with Crippen molar-refractivity contribution in [3.63, 3.8) is 0 Å². The molecule has 1 aliphatic rings. The molecule has 14 heavy (non-hydrogen) atoms. The van der Waals surface area contributed by atoms with Gasteiger partial charge in [0.15, 0.2) is 0 Å². The zero-order chi connectivity index (χ0) is 9.26. The number of halogens is 1. The Morgan fingerprint density at radius 2 is 2.36 bits per heavy atom. The third-order valence-electron chi connectivity index (χ3n) is 2.36. The Morgan fingerprint density at radius 1 is 1.57 bits per heavy atom. The minimum atomic E-state index is 0. The molecular weight excluding hydrogens is 200 g/mol. The molecule has 0 spiro atoms. The zero-order valence-electron chi connectivity index (χ0n) is 8.23. The lowest BCUT2D eigenvalue weighted by Crippen LogP contribution is -2.28. The molecule has 2 N–H and O–H groups in total. The first-order valence-corrected chi connectivity index (χ1v) is 4.52. The Hall–Kier alpha value is -0.710. The van der Waals surface area contributed by atoms with Crippen LogP contribution in [0.1, 0.15) is 17.1 Å². The largest absolute Gasteiger partial charge is 0.324 e. The van der Waals surface area contributed by atoms with Crippen LogP contribution in [0.3, 0.4) is 0 Å². The quantitative estimate of drug-likeness (QED) is 0.733. The van der Waals surface area contributed by atoms with Crippen LogP contribution >= 0.6 is 12.4 Å². The topological polar surface area (TPSA) is 55.0 Å². The van der Waals surface area contributed by atoms with E-state index in [0.29, 0.717) is 6.54 Å². The number of likely N-dealkylation sites (N-methyl/N-ethyl adjacent to an activating group) is 1. The summed E-state index contributed by atoms with van der Waals surface area (Å²) in [4.78, 5) is 10.9. The van der Waals surface area contributed by atoms with E-state index in [1.807, 2.05) is 6.20 Å². The first-order valence-electron chi connectivity index (χ1n) is 4.52. The van der Waals surface area contributed by atoms with Gasteiger partial charge in [0.25, 0.3) is 0 Å². The van der Waals surface area contributed by atoms with E-state index in [1.165, 1.54) is 11.3 Å². The van der Waals surface area contributed by atoms with Crippen LogP contribution in [-0.2, 0) is 19.5 Å². The molecule has 0 aliphatic carbocycles. The summed E-state index contributed by atoms with van der Waals surface area (Å²) < 4.78 is 0. The molecule has 2 rings (SSSR count). The van der Waals surface area contributed by atoms with Crippen LogP contribution in [0.25, 0.3) is 0 Å². The van der Waals surface area contributed by atoms with Gasteiger partial charge < -0.3 is 10.6 Å². The summed E-state index contributed by atoms with van der Waals surface area (Å²) in [5, 5.41) is 0. The molecule has 0 bridgehead atoms. The molecule has 0 atom stereocenters. The van der Waals surface area contributed by atoms with Crippen molar-refractivity contribution in [2.24, 2.45) is 5.73 Å². The van der Waals surface area contributed by atoms with Crippen LogP contribution < -0.4 is 5.73 Å². The monoisotopic (exact) mass is 214 g/mol. The van der Waals surface area contributed by atoms with Gasteiger partial charge in [0.05, 0.1) is 6.54 Å². The van der Waals surface area contributed by atoms with E-state index in [4.69, 9.17) is 5.73 Å². The van der Waals surface area contributed by atoms with E-state index in [2.05, 4.69) is 21.9 Å². The van der Waals surface area contributed by atoms with Gasteiger partial charge in [-0.15, -0.1) is 12.4 Å². The fourth-order valence-electron chi connectivity index (χ4n) is 1.60. The Labute approximate surface area is 89.9 Å². The standard InChI is InChI=1S/C9H14N4.ClH/c1-13-3-2-8-7(6-13)5-11-9(4-10)12-8;/h5H,2-4,6,10H2,1H3;1H. The molecule has 1 aromatic heterocycles. The van der Waals surface area contributed by atoms with Crippen molar-refractivity contribution >= 4 is 12.4 Å². The van der Waals surface area contributed by atoms with E-state index < -0.39 is 0 Å². The normalized spacial score (nSPS) is 15.9. The lowest BCUT2D eigenvalue weighted by molar-refractivity contribution is 0.308. The molecule has 78 valence electrons. The van der Waals surface area contributed by atoms with Gasteiger partial charge in [0.2, 0.25) is 0 Å². The summed E-state index contributed by atoms with van der Waals surface area (Å²) in [5.41, 5.74) is 7.89. The number of rotatable bonds is 1. The molecule has 0 radical (unpaired) electrons. The van der Waals surface area contributed by atoms with Crippen molar-refractivity contribution < 1.29 is 0 Å². The first-order chi connectivity index (χ1) is 6.29. The van der Waals surface area contributed by atoms with Gasteiger partial charge in [-0.1, -0.05) is 0 Å². The molecule has 0 saturated heterocycles. The molecule has 0 fully saturated rings. The highest BCUT2D eigenvalue weighted by Crippen LogP contribution is 2.14. The number of aromatic nitrogens is 2. The molecular formula is C9H15ClN4. The molecule has 0 unspecified atom stereocenters. The number of hydrogen-bond donors (Lipinski definition) is 1. The number of nitrogens with two attached hydrogens (primary N) is 1. The Morgan fingerprint density at radius 3 is 3.07 bits per heavy atom. The maximum Gasteiger partial charge on any atom is 0.142 e. The second kappa shape index (κ2) is 4.68. The molecule has 2 heterocycles.